The molecule has 1 saturated carbocycles. The van der Waals surface area contributed by atoms with Crippen molar-refractivity contribution in [1.82, 2.24) is 20.1 Å². The molecule has 6 nitrogen and oxygen atoms in total. The predicted octanol–water partition coefficient (Wildman–Crippen LogP) is 4.60. The van der Waals surface area contributed by atoms with E-state index in [9.17, 15) is 10.1 Å². The Bertz CT molecular complexity index is 1130. The van der Waals surface area contributed by atoms with Gasteiger partial charge in [0.15, 0.2) is 0 Å². The van der Waals surface area contributed by atoms with Crippen molar-refractivity contribution in [1.29, 1.82) is 5.26 Å². The van der Waals surface area contributed by atoms with Crippen LogP contribution in [0.3, 0.4) is 0 Å². The Morgan fingerprint density at radius 3 is 2.75 bits per heavy atom. The number of carbonyl (C=O) groups excluding carboxylic acids is 1. The molecule has 1 aliphatic rings. The molecule has 1 aromatic carbocycles. The molecule has 1 amide bonds. The van der Waals surface area contributed by atoms with E-state index in [1.807, 2.05) is 53.3 Å². The van der Waals surface area contributed by atoms with E-state index in [0.29, 0.717) is 18.2 Å². The minimum Gasteiger partial charge on any atom is -0.348 e. The van der Waals surface area contributed by atoms with Crippen molar-refractivity contribution in [2.24, 2.45) is 5.92 Å². The fourth-order valence-corrected chi connectivity index (χ4v) is 4.20. The van der Waals surface area contributed by atoms with Crippen LogP contribution in [0.25, 0.3) is 17.3 Å². The van der Waals surface area contributed by atoms with Crippen LogP contribution in [0.1, 0.15) is 43.7 Å². The lowest BCUT2D eigenvalue weighted by molar-refractivity contribution is -0.118. The fraction of sp³-hybridized carbons (Fsp3) is 0.308. The van der Waals surface area contributed by atoms with Gasteiger partial charge in [-0.2, -0.15) is 10.4 Å². The zero-order valence-corrected chi connectivity index (χ0v) is 18.2. The molecule has 0 aliphatic heterocycles. The summed E-state index contributed by atoms with van der Waals surface area (Å²) in [6.45, 7) is 2.75. The van der Waals surface area contributed by atoms with Crippen LogP contribution >= 0.6 is 0 Å². The highest BCUT2D eigenvalue weighted by atomic mass is 16.1. The molecule has 1 fully saturated rings. The summed E-state index contributed by atoms with van der Waals surface area (Å²) < 4.78 is 1.83. The highest BCUT2D eigenvalue weighted by Gasteiger charge is 2.24. The maximum absolute atomic E-state index is 12.9. The maximum Gasteiger partial charge on any atom is 0.262 e. The van der Waals surface area contributed by atoms with Crippen molar-refractivity contribution in [2.45, 2.75) is 45.2 Å². The molecule has 2 aromatic heterocycles. The second kappa shape index (κ2) is 10.1. The highest BCUT2D eigenvalue weighted by Crippen LogP contribution is 2.26. The van der Waals surface area contributed by atoms with Crippen LogP contribution in [0.2, 0.25) is 0 Å². The zero-order chi connectivity index (χ0) is 22.3. The summed E-state index contributed by atoms with van der Waals surface area (Å²) in [4.78, 5) is 17.1. The minimum absolute atomic E-state index is 0.0900. The summed E-state index contributed by atoms with van der Waals surface area (Å²) in [5.41, 5.74) is 3.46. The molecule has 0 saturated heterocycles. The van der Waals surface area contributed by atoms with Crippen molar-refractivity contribution in [3.8, 4) is 17.3 Å². The van der Waals surface area contributed by atoms with Gasteiger partial charge < -0.3 is 5.32 Å². The standard InChI is InChI=1S/C26H27N5O/c1-19-8-5-6-12-24(19)29-26(32)22(15-27)14-23-18-31(17-20-9-3-2-4-10-20)30-25(23)21-11-7-13-28-16-21/h2-4,7,9-11,13-14,16,18-19,24H,5-6,8,12,17H2,1H3,(H,29,32)/b22-14+/t19-,24-/m0/s1. The summed E-state index contributed by atoms with van der Waals surface area (Å²) in [5.74, 6) is 0.103. The van der Waals surface area contributed by atoms with E-state index < -0.39 is 0 Å². The van der Waals surface area contributed by atoms with E-state index in [1.165, 1.54) is 6.42 Å². The quantitative estimate of drug-likeness (QED) is 0.462. The fourth-order valence-electron chi connectivity index (χ4n) is 4.20. The molecule has 3 aromatic rings. The van der Waals surface area contributed by atoms with Gasteiger partial charge in [0.1, 0.15) is 17.3 Å². The Balaban J connectivity index is 1.64. The number of pyridine rings is 1. The number of nitrogens with zero attached hydrogens (tertiary/aromatic N) is 4. The molecule has 2 atom stereocenters. The molecule has 0 bridgehead atoms. The summed E-state index contributed by atoms with van der Waals surface area (Å²) in [6.07, 6.45) is 11.3. The number of hydrogen-bond donors (Lipinski definition) is 1. The molecule has 162 valence electrons. The van der Waals surface area contributed by atoms with E-state index in [2.05, 4.69) is 23.3 Å². The van der Waals surface area contributed by atoms with Gasteiger partial charge in [0.25, 0.3) is 5.91 Å². The van der Waals surface area contributed by atoms with E-state index in [-0.39, 0.29) is 17.5 Å². The van der Waals surface area contributed by atoms with Crippen LogP contribution in [0, 0.1) is 17.2 Å². The summed E-state index contributed by atoms with van der Waals surface area (Å²) in [7, 11) is 0. The van der Waals surface area contributed by atoms with Gasteiger partial charge in [0.05, 0.1) is 6.54 Å². The monoisotopic (exact) mass is 425 g/mol. The molecule has 6 heteroatoms. The van der Waals surface area contributed by atoms with E-state index in [0.717, 1.165) is 36.0 Å². The van der Waals surface area contributed by atoms with Crippen LogP contribution in [0.4, 0.5) is 0 Å². The van der Waals surface area contributed by atoms with Crippen molar-refractivity contribution < 1.29 is 4.79 Å². The van der Waals surface area contributed by atoms with Gasteiger partial charge in [-0.1, -0.05) is 50.1 Å². The average Bonchev–Trinajstić information content (AvgIpc) is 3.22. The minimum atomic E-state index is -0.320. The van der Waals surface area contributed by atoms with E-state index in [4.69, 9.17) is 5.10 Å². The third kappa shape index (κ3) is 5.12. The molecule has 32 heavy (non-hydrogen) atoms. The molecular weight excluding hydrogens is 398 g/mol. The lowest BCUT2D eigenvalue weighted by atomic mass is 9.86. The second-order valence-corrected chi connectivity index (χ2v) is 8.37. The molecule has 1 N–H and O–H groups in total. The predicted molar refractivity (Wildman–Crippen MR) is 124 cm³/mol. The molecule has 4 rings (SSSR count). The van der Waals surface area contributed by atoms with Gasteiger partial charge in [0.2, 0.25) is 0 Å². The molecule has 2 heterocycles. The van der Waals surface area contributed by atoms with Gasteiger partial charge in [-0.3, -0.25) is 14.5 Å². The second-order valence-electron chi connectivity index (χ2n) is 8.37. The molecule has 0 radical (unpaired) electrons. The first-order chi connectivity index (χ1) is 15.6. The summed E-state index contributed by atoms with van der Waals surface area (Å²) in [6, 6.07) is 16.0. The number of amides is 1. The zero-order valence-electron chi connectivity index (χ0n) is 18.2. The number of carbonyl (C=O) groups is 1. The normalized spacial score (nSPS) is 18.7. The number of rotatable bonds is 6. The molecular formula is C26H27N5O. The Morgan fingerprint density at radius 1 is 1.22 bits per heavy atom. The highest BCUT2D eigenvalue weighted by molar-refractivity contribution is 6.02. The van der Waals surface area contributed by atoms with Crippen LogP contribution in [-0.4, -0.2) is 26.7 Å². The molecule has 0 spiro atoms. The number of benzene rings is 1. The van der Waals surface area contributed by atoms with Crippen LogP contribution in [0.15, 0.2) is 66.6 Å². The largest absolute Gasteiger partial charge is 0.348 e. The Hall–Kier alpha value is -3.72. The third-order valence-electron chi connectivity index (χ3n) is 6.01. The number of hydrogen-bond acceptors (Lipinski definition) is 4. The van der Waals surface area contributed by atoms with Gasteiger partial charge in [0, 0.05) is 35.8 Å². The number of aromatic nitrogens is 3. The van der Waals surface area contributed by atoms with E-state index in [1.54, 1.807) is 18.5 Å². The number of nitrogens with one attached hydrogen (secondary N) is 1. The summed E-state index contributed by atoms with van der Waals surface area (Å²) >= 11 is 0. The first-order valence-corrected chi connectivity index (χ1v) is 11.1. The molecule has 0 unspecified atom stereocenters. The molecule has 1 aliphatic carbocycles. The van der Waals surface area contributed by atoms with Gasteiger partial charge in [-0.15, -0.1) is 0 Å². The van der Waals surface area contributed by atoms with Crippen molar-refractivity contribution in [3.63, 3.8) is 0 Å². The van der Waals surface area contributed by atoms with E-state index >= 15 is 0 Å². The van der Waals surface area contributed by atoms with Crippen molar-refractivity contribution >= 4 is 12.0 Å². The Kier molecular flexibility index (Phi) is 6.76. The SMILES string of the molecule is C[C@H]1CCCC[C@@H]1NC(=O)/C(C#N)=C/c1cn(Cc2ccccc2)nc1-c1cccnc1. The smallest absolute Gasteiger partial charge is 0.262 e. The van der Waals surface area contributed by atoms with Gasteiger partial charge >= 0.3 is 0 Å². The van der Waals surface area contributed by atoms with Crippen LogP contribution in [0.5, 0.6) is 0 Å². The number of nitriles is 1. The maximum atomic E-state index is 12.9. The van der Waals surface area contributed by atoms with Gasteiger partial charge in [-0.25, -0.2) is 0 Å². The van der Waals surface area contributed by atoms with Gasteiger partial charge in [-0.05, 0) is 42.5 Å². The van der Waals surface area contributed by atoms with Crippen molar-refractivity contribution in [3.05, 3.63) is 77.8 Å². The Morgan fingerprint density at radius 2 is 2.03 bits per heavy atom. The lowest BCUT2D eigenvalue weighted by Gasteiger charge is -2.29. The first-order valence-electron chi connectivity index (χ1n) is 11.1. The van der Waals surface area contributed by atoms with Crippen LogP contribution < -0.4 is 5.32 Å². The van der Waals surface area contributed by atoms with Crippen molar-refractivity contribution in [2.75, 3.05) is 0 Å². The van der Waals surface area contributed by atoms with Crippen LogP contribution in [-0.2, 0) is 11.3 Å². The summed E-state index contributed by atoms with van der Waals surface area (Å²) in [5, 5.41) is 17.6. The third-order valence-corrected chi connectivity index (χ3v) is 6.01. The lowest BCUT2D eigenvalue weighted by Crippen LogP contribution is -2.41. The first kappa shape index (κ1) is 21.5. The topological polar surface area (TPSA) is 83.6 Å². The Labute approximate surface area is 188 Å². The average molecular weight is 426 g/mol.